The van der Waals surface area contributed by atoms with E-state index in [0.29, 0.717) is 15.7 Å². The molecule has 0 radical (unpaired) electrons. The molecular weight excluding hydrogens is 349 g/mol. The van der Waals surface area contributed by atoms with E-state index in [9.17, 15) is 14.6 Å². The summed E-state index contributed by atoms with van der Waals surface area (Å²) in [7, 11) is 0. The minimum Gasteiger partial charge on any atom is -0.508 e. The summed E-state index contributed by atoms with van der Waals surface area (Å²) in [6.07, 6.45) is 0. The Hall–Kier alpha value is -1.46. The fraction of sp³-hybridized carbons (Fsp3) is 0.143. The number of benzene rings is 2. The van der Waals surface area contributed by atoms with Gasteiger partial charge in [0, 0.05) is 10.0 Å². The van der Waals surface area contributed by atoms with E-state index in [1.165, 1.54) is 30.3 Å². The molecule has 0 saturated carbocycles. The summed E-state index contributed by atoms with van der Waals surface area (Å²) < 4.78 is 13.7. The van der Waals surface area contributed by atoms with E-state index in [1.54, 1.807) is 6.92 Å². The fourth-order valence-electron chi connectivity index (χ4n) is 1.86. The van der Waals surface area contributed by atoms with Crippen molar-refractivity contribution in [2.24, 2.45) is 0 Å². The second-order valence-electron chi connectivity index (χ2n) is 4.35. The number of halogens is 3. The number of nitrogens with one attached hydrogen (secondary N) is 1. The van der Waals surface area contributed by atoms with Crippen molar-refractivity contribution >= 4 is 33.2 Å². The average Bonchev–Trinajstić information content (AvgIpc) is 2.36. The van der Waals surface area contributed by atoms with Crippen LogP contribution < -0.4 is 5.32 Å². The molecule has 2 aromatic rings. The normalized spacial score (nSPS) is 12.2. The molecule has 2 aromatic carbocycles. The summed E-state index contributed by atoms with van der Waals surface area (Å²) in [5.41, 5.74) is 1.03. The van der Waals surface area contributed by atoms with Gasteiger partial charge in [-0.1, -0.05) is 11.6 Å². The van der Waals surface area contributed by atoms with Gasteiger partial charge in [0.05, 0.1) is 16.8 Å². The monoisotopic (exact) mass is 359 g/mol. The van der Waals surface area contributed by atoms with Gasteiger partial charge in [-0.25, -0.2) is 4.39 Å². The molecule has 0 spiro atoms. The Balaban J connectivity index is 2.32. The smallest absolute Gasteiger partial charge is 0.125 e. The number of aromatic hydroxyl groups is 2. The highest BCUT2D eigenvalue weighted by atomic mass is 79.9. The Morgan fingerprint density at radius 3 is 2.60 bits per heavy atom. The van der Waals surface area contributed by atoms with Gasteiger partial charge in [-0.05, 0) is 53.2 Å². The first kappa shape index (κ1) is 14.9. The molecule has 0 heterocycles. The molecular formula is C14H12BrClFNO2. The van der Waals surface area contributed by atoms with Gasteiger partial charge in [0.15, 0.2) is 0 Å². The minimum absolute atomic E-state index is 0.0516. The van der Waals surface area contributed by atoms with Gasteiger partial charge in [-0.15, -0.1) is 0 Å². The van der Waals surface area contributed by atoms with Gasteiger partial charge in [0.1, 0.15) is 17.3 Å². The maximum absolute atomic E-state index is 13.2. The Morgan fingerprint density at radius 1 is 1.25 bits per heavy atom. The van der Waals surface area contributed by atoms with Crippen molar-refractivity contribution in [1.29, 1.82) is 0 Å². The highest BCUT2D eigenvalue weighted by molar-refractivity contribution is 9.10. The lowest BCUT2D eigenvalue weighted by Gasteiger charge is -2.19. The van der Waals surface area contributed by atoms with E-state index in [0.717, 1.165) is 0 Å². The van der Waals surface area contributed by atoms with Crippen molar-refractivity contribution in [1.82, 2.24) is 0 Å². The molecule has 20 heavy (non-hydrogen) atoms. The van der Waals surface area contributed by atoms with Crippen LogP contribution in [0.3, 0.4) is 0 Å². The van der Waals surface area contributed by atoms with Crippen LogP contribution in [0.1, 0.15) is 18.5 Å². The van der Waals surface area contributed by atoms with Gasteiger partial charge >= 0.3 is 0 Å². The standard InChI is InChI=1S/C14H12BrClFNO2/c1-7(10-6-9(19)2-3-13(10)20)18-14-11(15)4-8(17)5-12(14)16/h2-7,18-20H,1H3. The van der Waals surface area contributed by atoms with Crippen LogP contribution in [0.4, 0.5) is 10.1 Å². The summed E-state index contributed by atoms with van der Waals surface area (Å²) >= 11 is 9.23. The zero-order valence-corrected chi connectivity index (χ0v) is 12.8. The summed E-state index contributed by atoms with van der Waals surface area (Å²) in [6.45, 7) is 1.79. The number of phenols is 2. The van der Waals surface area contributed by atoms with Crippen LogP contribution in [-0.4, -0.2) is 10.2 Å². The average molecular weight is 361 g/mol. The van der Waals surface area contributed by atoms with E-state index >= 15 is 0 Å². The summed E-state index contributed by atoms with van der Waals surface area (Å²) in [6, 6.07) is 6.42. The number of phenolic OH excluding ortho intramolecular Hbond substituents is 2. The van der Waals surface area contributed by atoms with Crippen LogP contribution >= 0.6 is 27.5 Å². The van der Waals surface area contributed by atoms with Crippen molar-refractivity contribution in [3.8, 4) is 11.5 Å². The molecule has 0 aliphatic heterocycles. The van der Waals surface area contributed by atoms with Gasteiger partial charge < -0.3 is 15.5 Å². The van der Waals surface area contributed by atoms with Crippen LogP contribution in [0.5, 0.6) is 11.5 Å². The maximum atomic E-state index is 13.2. The van der Waals surface area contributed by atoms with Gasteiger partial charge in [-0.3, -0.25) is 0 Å². The second kappa shape index (κ2) is 5.89. The molecule has 3 N–H and O–H groups in total. The van der Waals surface area contributed by atoms with Crippen molar-refractivity contribution in [2.75, 3.05) is 5.32 Å². The number of rotatable bonds is 3. The van der Waals surface area contributed by atoms with Crippen LogP contribution in [0.15, 0.2) is 34.8 Å². The van der Waals surface area contributed by atoms with E-state index in [2.05, 4.69) is 21.2 Å². The number of hydrogen-bond acceptors (Lipinski definition) is 3. The van der Waals surface area contributed by atoms with E-state index in [4.69, 9.17) is 11.6 Å². The van der Waals surface area contributed by atoms with Crippen LogP contribution in [0.25, 0.3) is 0 Å². The van der Waals surface area contributed by atoms with Crippen LogP contribution in [0.2, 0.25) is 5.02 Å². The summed E-state index contributed by atoms with van der Waals surface area (Å²) in [4.78, 5) is 0. The van der Waals surface area contributed by atoms with Crippen molar-refractivity contribution in [2.45, 2.75) is 13.0 Å². The molecule has 3 nitrogen and oxygen atoms in total. The van der Waals surface area contributed by atoms with Gasteiger partial charge in [0.25, 0.3) is 0 Å². The lowest BCUT2D eigenvalue weighted by atomic mass is 10.1. The zero-order valence-electron chi connectivity index (χ0n) is 10.5. The molecule has 2 rings (SSSR count). The van der Waals surface area contributed by atoms with Gasteiger partial charge in [0.2, 0.25) is 0 Å². The molecule has 0 bridgehead atoms. The quantitative estimate of drug-likeness (QED) is 0.687. The largest absolute Gasteiger partial charge is 0.508 e. The van der Waals surface area contributed by atoms with Crippen LogP contribution in [0, 0.1) is 5.82 Å². The number of anilines is 1. The van der Waals surface area contributed by atoms with E-state index in [1.807, 2.05) is 0 Å². The second-order valence-corrected chi connectivity index (χ2v) is 5.62. The topological polar surface area (TPSA) is 52.5 Å². The molecule has 0 aromatic heterocycles. The van der Waals surface area contributed by atoms with Crippen molar-refractivity contribution < 1.29 is 14.6 Å². The molecule has 0 fully saturated rings. The minimum atomic E-state index is -0.444. The first-order chi connectivity index (χ1) is 9.38. The molecule has 0 amide bonds. The lowest BCUT2D eigenvalue weighted by Crippen LogP contribution is -2.08. The Labute approximate surface area is 129 Å². The number of hydrogen-bond donors (Lipinski definition) is 3. The Kier molecular flexibility index (Phi) is 4.40. The molecule has 1 atom stereocenters. The predicted molar refractivity (Wildman–Crippen MR) is 80.9 cm³/mol. The molecule has 0 aliphatic carbocycles. The Bertz CT molecular complexity index is 628. The fourth-order valence-corrected chi connectivity index (χ4v) is 2.78. The molecule has 1 unspecified atom stereocenters. The lowest BCUT2D eigenvalue weighted by molar-refractivity contribution is 0.451. The predicted octanol–water partition coefficient (Wildman–Crippen LogP) is 4.83. The molecule has 0 saturated heterocycles. The van der Waals surface area contributed by atoms with E-state index < -0.39 is 5.82 Å². The van der Waals surface area contributed by atoms with Crippen molar-refractivity contribution in [3.63, 3.8) is 0 Å². The third kappa shape index (κ3) is 3.16. The first-order valence-corrected chi connectivity index (χ1v) is 6.98. The highest BCUT2D eigenvalue weighted by Crippen LogP contribution is 2.36. The molecule has 6 heteroatoms. The highest BCUT2D eigenvalue weighted by Gasteiger charge is 2.15. The van der Waals surface area contributed by atoms with Crippen molar-refractivity contribution in [3.05, 3.63) is 51.2 Å². The van der Waals surface area contributed by atoms with E-state index in [-0.39, 0.29) is 22.6 Å². The van der Waals surface area contributed by atoms with Gasteiger partial charge in [-0.2, -0.15) is 0 Å². The third-order valence-electron chi connectivity index (χ3n) is 2.85. The van der Waals surface area contributed by atoms with Crippen LogP contribution in [-0.2, 0) is 0 Å². The molecule has 106 valence electrons. The first-order valence-electron chi connectivity index (χ1n) is 5.81. The zero-order chi connectivity index (χ0) is 14.9. The summed E-state index contributed by atoms with van der Waals surface area (Å²) in [5, 5.41) is 22.6. The Morgan fingerprint density at radius 2 is 1.95 bits per heavy atom. The maximum Gasteiger partial charge on any atom is 0.125 e. The summed E-state index contributed by atoms with van der Waals surface area (Å²) in [5.74, 6) is -0.340. The SMILES string of the molecule is CC(Nc1c(Cl)cc(F)cc1Br)c1cc(O)ccc1O. The third-order valence-corrected chi connectivity index (χ3v) is 3.77. The molecule has 0 aliphatic rings.